The molecule has 0 radical (unpaired) electrons. The van der Waals surface area contributed by atoms with Gasteiger partial charge in [-0.05, 0) is 41.0 Å². The molecule has 2 aromatic carbocycles. The third-order valence-corrected chi connectivity index (χ3v) is 11.6. The number of pyridine rings is 2. The zero-order valence-corrected chi connectivity index (χ0v) is 39.8. The number of carbonyl (C=O) groups excluding carboxylic acids is 2. The Morgan fingerprint density at radius 2 is 1.35 bits per heavy atom. The third kappa shape index (κ3) is 9.10. The van der Waals surface area contributed by atoms with Crippen LogP contribution < -0.4 is 21.8 Å². The number of hydrogen-bond acceptors (Lipinski definition) is 16. The normalized spacial score (nSPS) is 11.9. The van der Waals surface area contributed by atoms with Gasteiger partial charge in [-0.1, -0.05) is 87.7 Å². The Bertz CT molecular complexity index is 3880. The van der Waals surface area contributed by atoms with Crippen molar-refractivity contribution in [3.8, 4) is 50.8 Å². The summed E-state index contributed by atoms with van der Waals surface area (Å²) in [6, 6.07) is 15.6. The fourth-order valence-electron chi connectivity index (χ4n) is 7.43. The van der Waals surface area contributed by atoms with Crippen LogP contribution in [0.15, 0.2) is 97.9 Å². The summed E-state index contributed by atoms with van der Waals surface area (Å²) < 4.78 is 27.5. The molecular weight excluding hydrogens is 951 g/mol. The lowest BCUT2D eigenvalue weighted by molar-refractivity contribution is 0.0899. The average Bonchev–Trinajstić information content (AvgIpc) is 4.19. The quantitative estimate of drug-likeness (QED) is 0.0919. The molecule has 0 spiro atoms. The van der Waals surface area contributed by atoms with Gasteiger partial charge in [-0.25, -0.2) is 29.4 Å². The molecule has 2 amide bonds. The second-order valence-electron chi connectivity index (χ2n) is 18.6. The molecule has 0 saturated heterocycles. The number of hydrogen-bond donors (Lipinski definition) is 5. The first-order valence-electron chi connectivity index (χ1n) is 22.1. The van der Waals surface area contributed by atoms with Gasteiger partial charge in [0.05, 0.1) is 18.1 Å². The SMILES string of the molecule is CC(C)(C)c1noc(C(=O)NCc2ccc(-c3c(-n4ncc(-c5nc6c(-c7ccc(CNC(=O)c8nc(C(C)(C)C)no8)c(Cl)c7)ccnc6[nH]5)cc4=O)cnc4[nH]c(-c5ccc(=O)[nH]n5)nc34)cc2F)n1. The van der Waals surface area contributed by atoms with E-state index in [-0.39, 0.29) is 69.9 Å². The average molecular weight is 991 g/mol. The molecule has 0 aliphatic rings. The first-order chi connectivity index (χ1) is 34.4. The molecular formula is C48H40ClFN16O6. The molecule has 0 fully saturated rings. The molecule has 72 heavy (non-hydrogen) atoms. The predicted molar refractivity (Wildman–Crippen MR) is 258 cm³/mol. The van der Waals surface area contributed by atoms with E-state index in [9.17, 15) is 19.2 Å². The van der Waals surface area contributed by atoms with Crippen molar-refractivity contribution >= 4 is 45.7 Å². The number of aromatic amines is 3. The van der Waals surface area contributed by atoms with E-state index in [1.165, 1.54) is 42.7 Å². The van der Waals surface area contributed by atoms with Crippen LogP contribution in [-0.4, -0.2) is 82.0 Å². The van der Waals surface area contributed by atoms with Crippen LogP contribution in [-0.2, 0) is 23.9 Å². The van der Waals surface area contributed by atoms with Crippen molar-refractivity contribution in [1.29, 1.82) is 0 Å². The number of carbonyl (C=O) groups is 2. The Labute approximate surface area is 409 Å². The predicted octanol–water partition coefficient (Wildman–Crippen LogP) is 6.54. The van der Waals surface area contributed by atoms with E-state index in [4.69, 9.17) is 30.6 Å². The molecule has 0 bridgehead atoms. The van der Waals surface area contributed by atoms with Crippen molar-refractivity contribution in [2.24, 2.45) is 0 Å². The minimum atomic E-state index is -0.686. The second kappa shape index (κ2) is 18.0. The van der Waals surface area contributed by atoms with Gasteiger partial charge in [0.2, 0.25) is 0 Å². The van der Waals surface area contributed by atoms with E-state index in [1.54, 1.807) is 30.5 Å². The number of H-pyrrole nitrogens is 3. The van der Waals surface area contributed by atoms with Crippen LogP contribution in [0, 0.1) is 5.82 Å². The highest BCUT2D eigenvalue weighted by atomic mass is 35.5. The molecule has 10 rings (SSSR count). The van der Waals surface area contributed by atoms with Crippen molar-refractivity contribution in [3.63, 3.8) is 0 Å². The number of halogens is 2. The molecule has 0 unspecified atom stereocenters. The number of benzene rings is 2. The minimum Gasteiger partial charge on any atom is -0.344 e. The lowest BCUT2D eigenvalue weighted by Crippen LogP contribution is -2.24. The molecule has 362 valence electrons. The first-order valence-corrected chi connectivity index (χ1v) is 22.5. The number of amides is 2. The van der Waals surface area contributed by atoms with Gasteiger partial charge < -0.3 is 29.6 Å². The highest BCUT2D eigenvalue weighted by molar-refractivity contribution is 6.31. The summed E-state index contributed by atoms with van der Waals surface area (Å²) in [4.78, 5) is 84.8. The number of aromatic nitrogens is 14. The summed E-state index contributed by atoms with van der Waals surface area (Å²) in [5.74, 6) is -1.04. The number of fused-ring (bicyclic) bond motifs is 2. The third-order valence-electron chi connectivity index (χ3n) is 11.3. The molecule has 24 heteroatoms. The zero-order valence-electron chi connectivity index (χ0n) is 39.0. The Kier molecular flexibility index (Phi) is 11.7. The van der Waals surface area contributed by atoms with Gasteiger partial charge in [-0.2, -0.15) is 24.8 Å². The zero-order chi connectivity index (χ0) is 50.6. The summed E-state index contributed by atoms with van der Waals surface area (Å²) in [6.45, 7) is 11.2. The number of rotatable bonds is 11. The van der Waals surface area contributed by atoms with Crippen molar-refractivity contribution < 1.29 is 23.0 Å². The van der Waals surface area contributed by atoms with Gasteiger partial charge in [0.25, 0.3) is 11.1 Å². The van der Waals surface area contributed by atoms with E-state index in [2.05, 4.69) is 66.1 Å². The van der Waals surface area contributed by atoms with E-state index in [0.29, 0.717) is 55.9 Å². The number of nitrogens with one attached hydrogen (secondary N) is 5. The van der Waals surface area contributed by atoms with Gasteiger partial charge >= 0.3 is 23.6 Å². The van der Waals surface area contributed by atoms with E-state index in [0.717, 1.165) is 4.68 Å². The van der Waals surface area contributed by atoms with Crippen LogP contribution in [0.2, 0.25) is 5.02 Å². The molecule has 8 heterocycles. The molecule has 8 aromatic heterocycles. The Morgan fingerprint density at radius 3 is 1.97 bits per heavy atom. The van der Waals surface area contributed by atoms with E-state index < -0.39 is 39.6 Å². The summed E-state index contributed by atoms with van der Waals surface area (Å²) >= 11 is 6.74. The standard InChI is InChI=1S/C48H40ClFN16O6/c1-47(2,3)45-60-43(71-64-45)41(69)53-18-24-9-7-22(15-28(24)49)27-13-14-51-39-35(27)56-37(58-39)26-17-33(68)66(55-20-26)31-21-52-40-36(57-38(59-40)30-11-12-32(67)63-62-30)34(31)23-8-10-25(29(50)16-23)19-54-42(70)44-61-46(65-72-44)48(4,5)6/h7-17,20-21H,18-19H2,1-6H3,(H,53,69)(H,54,70)(H,63,67)(H,51,56,58)(H,52,57,59). The monoisotopic (exact) mass is 990 g/mol. The maximum atomic E-state index is 16.1. The minimum absolute atomic E-state index is 0.0949. The van der Waals surface area contributed by atoms with Crippen LogP contribution >= 0.6 is 11.6 Å². The molecule has 0 aliphatic heterocycles. The summed E-state index contributed by atoms with van der Waals surface area (Å²) in [6.07, 6.45) is 4.44. The fraction of sp³-hybridized carbons (Fsp3) is 0.208. The number of imidazole rings is 2. The first kappa shape index (κ1) is 46.6. The Balaban J connectivity index is 0.943. The van der Waals surface area contributed by atoms with Crippen molar-refractivity contribution in [2.75, 3.05) is 0 Å². The summed E-state index contributed by atoms with van der Waals surface area (Å²) in [7, 11) is 0. The maximum Gasteiger partial charge on any atom is 0.315 e. The molecule has 10 aromatic rings. The largest absolute Gasteiger partial charge is 0.344 e. The number of nitrogens with zero attached hydrogens (tertiary/aromatic N) is 11. The van der Waals surface area contributed by atoms with E-state index in [1.807, 2.05) is 47.6 Å². The van der Waals surface area contributed by atoms with Gasteiger partial charge in [0.15, 0.2) is 28.8 Å². The van der Waals surface area contributed by atoms with Crippen molar-refractivity contribution in [3.05, 3.63) is 145 Å². The summed E-state index contributed by atoms with van der Waals surface area (Å²) in [5, 5.41) is 24.5. The topological polar surface area (TPSA) is 300 Å². The molecule has 22 nitrogen and oxygen atoms in total. The lowest BCUT2D eigenvalue weighted by atomic mass is 9.96. The highest BCUT2D eigenvalue weighted by Crippen LogP contribution is 2.35. The van der Waals surface area contributed by atoms with Gasteiger partial charge in [-0.15, -0.1) is 0 Å². The molecule has 0 atom stereocenters. The van der Waals surface area contributed by atoms with Crippen LogP contribution in [0.3, 0.4) is 0 Å². The van der Waals surface area contributed by atoms with Crippen LogP contribution in [0.25, 0.3) is 73.2 Å². The van der Waals surface area contributed by atoms with Gasteiger partial charge in [0.1, 0.15) is 28.4 Å². The van der Waals surface area contributed by atoms with Crippen LogP contribution in [0.4, 0.5) is 4.39 Å². The Hall–Kier alpha value is -9.12. The van der Waals surface area contributed by atoms with Crippen LogP contribution in [0.1, 0.15) is 85.7 Å². The van der Waals surface area contributed by atoms with Crippen molar-refractivity contribution in [1.82, 2.24) is 80.8 Å². The Morgan fingerprint density at radius 1 is 0.708 bits per heavy atom. The summed E-state index contributed by atoms with van der Waals surface area (Å²) in [5.41, 5.74) is 3.02. The fourth-order valence-corrected chi connectivity index (χ4v) is 7.68. The smallest absolute Gasteiger partial charge is 0.315 e. The lowest BCUT2D eigenvalue weighted by Gasteiger charge is -2.13. The molecule has 0 saturated carbocycles. The maximum absolute atomic E-state index is 16.1. The second-order valence-corrected chi connectivity index (χ2v) is 19.0. The van der Waals surface area contributed by atoms with E-state index >= 15 is 4.39 Å². The van der Waals surface area contributed by atoms with Crippen molar-refractivity contribution in [2.45, 2.75) is 65.5 Å². The van der Waals surface area contributed by atoms with Crippen LogP contribution in [0.5, 0.6) is 0 Å². The van der Waals surface area contributed by atoms with Gasteiger partial charge in [0, 0.05) is 69.5 Å². The molecule has 5 N–H and O–H groups in total. The highest BCUT2D eigenvalue weighted by Gasteiger charge is 2.26. The molecule has 0 aliphatic carbocycles. The van der Waals surface area contributed by atoms with Gasteiger partial charge in [-0.3, -0.25) is 19.2 Å².